The molecule has 1 aromatic rings. The van der Waals surface area contributed by atoms with E-state index in [0.29, 0.717) is 25.9 Å². The molecule has 0 aromatic carbocycles. The van der Waals surface area contributed by atoms with Crippen molar-refractivity contribution in [3.05, 3.63) is 12.1 Å². The third-order valence-electron chi connectivity index (χ3n) is 5.78. The van der Waals surface area contributed by atoms with Gasteiger partial charge in [0.15, 0.2) is 11.6 Å². The smallest absolute Gasteiger partial charge is 0.245 e. The summed E-state index contributed by atoms with van der Waals surface area (Å²) in [6.45, 7) is 4.91. The lowest BCUT2D eigenvalue weighted by atomic mass is 10.2. The van der Waals surface area contributed by atoms with Gasteiger partial charge in [-0.2, -0.15) is 0 Å². The Morgan fingerprint density at radius 1 is 0.889 bits per heavy atom. The molecule has 27 heavy (non-hydrogen) atoms. The standard InChI is InChI=1S/C19H28N6O2/c26-18-8-5-15(20-18)19(27)25-13-11-24(12-14-25)17-7-6-16(21-22-17)23-9-3-1-2-4-10-23/h6-7,15H,1-5,8-14H2,(H,20,26). The van der Waals surface area contributed by atoms with E-state index in [1.807, 2.05) is 11.0 Å². The van der Waals surface area contributed by atoms with Crippen LogP contribution in [0.3, 0.4) is 0 Å². The summed E-state index contributed by atoms with van der Waals surface area (Å²) >= 11 is 0. The lowest BCUT2D eigenvalue weighted by Gasteiger charge is -2.36. The Hall–Kier alpha value is -2.38. The maximum absolute atomic E-state index is 12.5. The molecule has 1 N–H and O–H groups in total. The van der Waals surface area contributed by atoms with Crippen LogP contribution in [-0.4, -0.2) is 72.2 Å². The van der Waals surface area contributed by atoms with E-state index in [2.05, 4.69) is 31.4 Å². The number of nitrogens with one attached hydrogen (secondary N) is 1. The maximum Gasteiger partial charge on any atom is 0.245 e. The van der Waals surface area contributed by atoms with E-state index in [0.717, 1.165) is 37.8 Å². The van der Waals surface area contributed by atoms with Crippen LogP contribution in [0.1, 0.15) is 38.5 Å². The lowest BCUT2D eigenvalue weighted by Crippen LogP contribution is -2.53. The van der Waals surface area contributed by atoms with Crippen LogP contribution in [0.25, 0.3) is 0 Å². The molecule has 0 spiro atoms. The molecule has 2 amide bonds. The molecule has 3 aliphatic heterocycles. The molecule has 8 heteroatoms. The van der Waals surface area contributed by atoms with Crippen LogP contribution < -0.4 is 15.1 Å². The molecule has 3 fully saturated rings. The van der Waals surface area contributed by atoms with Gasteiger partial charge < -0.3 is 20.0 Å². The number of aromatic nitrogens is 2. The van der Waals surface area contributed by atoms with Gasteiger partial charge in [-0.15, -0.1) is 10.2 Å². The summed E-state index contributed by atoms with van der Waals surface area (Å²) in [5, 5.41) is 11.7. The van der Waals surface area contributed by atoms with Gasteiger partial charge in [0.2, 0.25) is 11.8 Å². The highest BCUT2D eigenvalue weighted by molar-refractivity contribution is 5.90. The zero-order valence-electron chi connectivity index (χ0n) is 15.8. The monoisotopic (exact) mass is 372 g/mol. The molecule has 0 bridgehead atoms. The molecule has 8 nitrogen and oxygen atoms in total. The first-order chi connectivity index (χ1) is 13.2. The van der Waals surface area contributed by atoms with Crippen LogP contribution in [0.4, 0.5) is 11.6 Å². The molecule has 3 saturated heterocycles. The lowest BCUT2D eigenvalue weighted by molar-refractivity contribution is -0.134. The van der Waals surface area contributed by atoms with Crippen molar-refractivity contribution in [2.75, 3.05) is 49.1 Å². The third kappa shape index (κ3) is 4.14. The number of rotatable bonds is 3. The Morgan fingerprint density at radius 3 is 2.00 bits per heavy atom. The van der Waals surface area contributed by atoms with Crippen molar-refractivity contribution in [3.63, 3.8) is 0 Å². The molecule has 146 valence electrons. The van der Waals surface area contributed by atoms with Crippen LogP contribution in [-0.2, 0) is 9.59 Å². The first kappa shape index (κ1) is 18.0. The number of carbonyl (C=O) groups is 2. The molecule has 4 rings (SSSR count). The van der Waals surface area contributed by atoms with Crippen molar-refractivity contribution < 1.29 is 9.59 Å². The van der Waals surface area contributed by atoms with Crippen LogP contribution in [0.2, 0.25) is 0 Å². The first-order valence-corrected chi connectivity index (χ1v) is 10.1. The minimum absolute atomic E-state index is 0.0215. The van der Waals surface area contributed by atoms with Crippen molar-refractivity contribution in [2.45, 2.75) is 44.6 Å². The Bertz CT molecular complexity index is 663. The quantitative estimate of drug-likeness (QED) is 0.845. The second-order valence-electron chi connectivity index (χ2n) is 7.62. The van der Waals surface area contributed by atoms with Gasteiger partial charge in [0.1, 0.15) is 6.04 Å². The van der Waals surface area contributed by atoms with E-state index in [1.165, 1.54) is 25.7 Å². The molecule has 1 atom stereocenters. The summed E-state index contributed by atoms with van der Waals surface area (Å²) in [5.41, 5.74) is 0. The molecular weight excluding hydrogens is 344 g/mol. The van der Waals surface area contributed by atoms with Crippen LogP contribution in [0, 0.1) is 0 Å². The van der Waals surface area contributed by atoms with Gasteiger partial charge in [0, 0.05) is 45.7 Å². The van der Waals surface area contributed by atoms with Crippen molar-refractivity contribution in [1.82, 2.24) is 20.4 Å². The molecular formula is C19H28N6O2. The number of hydrogen-bond donors (Lipinski definition) is 1. The summed E-state index contributed by atoms with van der Waals surface area (Å²) < 4.78 is 0. The molecule has 1 unspecified atom stereocenters. The van der Waals surface area contributed by atoms with Crippen molar-refractivity contribution in [2.24, 2.45) is 0 Å². The van der Waals surface area contributed by atoms with E-state index in [9.17, 15) is 9.59 Å². The highest BCUT2D eigenvalue weighted by Gasteiger charge is 2.32. The van der Waals surface area contributed by atoms with Crippen LogP contribution in [0.5, 0.6) is 0 Å². The zero-order valence-corrected chi connectivity index (χ0v) is 15.8. The van der Waals surface area contributed by atoms with E-state index in [1.54, 1.807) is 0 Å². The molecule has 3 aliphatic rings. The molecule has 0 radical (unpaired) electrons. The van der Waals surface area contributed by atoms with Gasteiger partial charge in [-0.05, 0) is 31.4 Å². The first-order valence-electron chi connectivity index (χ1n) is 10.1. The van der Waals surface area contributed by atoms with E-state index in [4.69, 9.17) is 0 Å². The normalized spacial score (nSPS) is 23.9. The number of anilines is 2. The Balaban J connectivity index is 1.31. The zero-order chi connectivity index (χ0) is 18.6. The maximum atomic E-state index is 12.5. The minimum Gasteiger partial charge on any atom is -0.355 e. The minimum atomic E-state index is -0.336. The van der Waals surface area contributed by atoms with E-state index < -0.39 is 0 Å². The average Bonchev–Trinajstić information content (AvgIpc) is 2.97. The fourth-order valence-electron chi connectivity index (χ4n) is 4.13. The van der Waals surface area contributed by atoms with Crippen LogP contribution >= 0.6 is 0 Å². The number of amides is 2. The summed E-state index contributed by atoms with van der Waals surface area (Å²) in [5.74, 6) is 1.86. The fourth-order valence-corrected chi connectivity index (χ4v) is 4.13. The SMILES string of the molecule is O=C1CCC(C(=O)N2CCN(c3ccc(N4CCCCCC4)nn3)CC2)N1. The predicted octanol–water partition coefficient (Wildman–Crippen LogP) is 0.784. The van der Waals surface area contributed by atoms with Crippen molar-refractivity contribution in [1.29, 1.82) is 0 Å². The second-order valence-corrected chi connectivity index (χ2v) is 7.62. The fraction of sp³-hybridized carbons (Fsp3) is 0.684. The number of carbonyl (C=O) groups excluding carboxylic acids is 2. The highest BCUT2D eigenvalue weighted by Crippen LogP contribution is 2.20. The summed E-state index contributed by atoms with van der Waals surface area (Å²) in [6, 6.07) is 3.78. The topological polar surface area (TPSA) is 81.7 Å². The van der Waals surface area contributed by atoms with Gasteiger partial charge >= 0.3 is 0 Å². The average molecular weight is 372 g/mol. The molecule has 0 aliphatic carbocycles. The largest absolute Gasteiger partial charge is 0.355 e. The Morgan fingerprint density at radius 2 is 1.48 bits per heavy atom. The van der Waals surface area contributed by atoms with Gasteiger partial charge in [0.05, 0.1) is 0 Å². The predicted molar refractivity (Wildman–Crippen MR) is 103 cm³/mol. The summed E-state index contributed by atoms with van der Waals surface area (Å²) in [6.07, 6.45) is 6.11. The van der Waals surface area contributed by atoms with E-state index >= 15 is 0 Å². The number of hydrogen-bond acceptors (Lipinski definition) is 6. The Kier molecular flexibility index (Phi) is 5.40. The molecule has 0 saturated carbocycles. The van der Waals surface area contributed by atoms with Crippen molar-refractivity contribution in [3.8, 4) is 0 Å². The molecule has 1 aromatic heterocycles. The van der Waals surface area contributed by atoms with Gasteiger partial charge in [-0.25, -0.2) is 0 Å². The van der Waals surface area contributed by atoms with Crippen molar-refractivity contribution >= 4 is 23.5 Å². The van der Waals surface area contributed by atoms with E-state index in [-0.39, 0.29) is 17.9 Å². The third-order valence-corrected chi connectivity index (χ3v) is 5.78. The summed E-state index contributed by atoms with van der Waals surface area (Å²) in [7, 11) is 0. The van der Waals surface area contributed by atoms with Crippen LogP contribution in [0.15, 0.2) is 12.1 Å². The Labute approximate surface area is 159 Å². The number of nitrogens with zero attached hydrogens (tertiary/aromatic N) is 5. The van der Waals surface area contributed by atoms with Gasteiger partial charge in [0.25, 0.3) is 0 Å². The number of piperazine rings is 1. The summed E-state index contributed by atoms with van der Waals surface area (Å²) in [4.78, 5) is 30.2. The van der Waals surface area contributed by atoms with Gasteiger partial charge in [-0.3, -0.25) is 9.59 Å². The highest BCUT2D eigenvalue weighted by atomic mass is 16.2. The molecule has 4 heterocycles. The van der Waals surface area contributed by atoms with Gasteiger partial charge in [-0.1, -0.05) is 12.8 Å². The second kappa shape index (κ2) is 8.10.